The van der Waals surface area contributed by atoms with Crippen molar-refractivity contribution < 1.29 is 14.3 Å². The number of hydrogen-bond donors (Lipinski definition) is 1. The summed E-state index contributed by atoms with van der Waals surface area (Å²) in [6, 6.07) is 20.3. The molecule has 0 unspecified atom stereocenters. The van der Waals surface area contributed by atoms with Gasteiger partial charge in [-0.3, -0.25) is 0 Å². The van der Waals surface area contributed by atoms with Crippen molar-refractivity contribution in [2.24, 2.45) is 5.73 Å². The topological polar surface area (TPSA) is 64.8 Å². The number of hydrogen-bond acceptors (Lipinski definition) is 4. The minimum Gasteiger partial charge on any atom is -0.445 e. The van der Waals surface area contributed by atoms with Gasteiger partial charge in [0.25, 0.3) is 0 Å². The lowest BCUT2D eigenvalue weighted by molar-refractivity contribution is -0.00675. The maximum absolute atomic E-state index is 12.6. The first-order valence-corrected chi connectivity index (χ1v) is 11.1. The van der Waals surface area contributed by atoms with Gasteiger partial charge >= 0.3 is 6.09 Å². The second-order valence-corrected chi connectivity index (χ2v) is 8.47. The number of likely N-dealkylation sites (tertiary alicyclic amines) is 1. The van der Waals surface area contributed by atoms with Gasteiger partial charge in [-0.05, 0) is 49.1 Å². The highest BCUT2D eigenvalue weighted by Gasteiger charge is 2.37. The van der Waals surface area contributed by atoms with E-state index in [9.17, 15) is 4.79 Å². The monoisotopic (exact) mass is 408 g/mol. The van der Waals surface area contributed by atoms with Crippen LogP contribution in [0.25, 0.3) is 0 Å². The van der Waals surface area contributed by atoms with Crippen LogP contribution in [-0.2, 0) is 16.1 Å². The van der Waals surface area contributed by atoms with Crippen LogP contribution in [0, 0.1) is 0 Å². The van der Waals surface area contributed by atoms with Crippen LogP contribution >= 0.6 is 0 Å². The molecule has 0 aromatic heterocycles. The van der Waals surface area contributed by atoms with Crippen molar-refractivity contribution in [2.45, 2.75) is 62.8 Å². The van der Waals surface area contributed by atoms with Crippen LogP contribution in [0.1, 0.15) is 49.1 Å². The van der Waals surface area contributed by atoms with Crippen LogP contribution in [0.2, 0.25) is 0 Å². The van der Waals surface area contributed by atoms with Crippen LogP contribution in [0.4, 0.5) is 4.79 Å². The molecule has 160 valence electrons. The van der Waals surface area contributed by atoms with Gasteiger partial charge < -0.3 is 20.1 Å². The van der Waals surface area contributed by atoms with Crippen LogP contribution in [-0.4, -0.2) is 42.3 Å². The van der Waals surface area contributed by atoms with E-state index < -0.39 is 0 Å². The predicted octanol–water partition coefficient (Wildman–Crippen LogP) is 4.47. The fraction of sp³-hybridized carbons (Fsp3) is 0.480. The van der Waals surface area contributed by atoms with E-state index in [0.29, 0.717) is 19.1 Å². The average Bonchev–Trinajstić information content (AvgIpc) is 3.18. The normalized spacial score (nSPS) is 26.5. The van der Waals surface area contributed by atoms with Crippen LogP contribution in [0.3, 0.4) is 0 Å². The second kappa shape index (κ2) is 10.1. The molecule has 0 spiro atoms. The van der Waals surface area contributed by atoms with Gasteiger partial charge in [0.1, 0.15) is 6.61 Å². The van der Waals surface area contributed by atoms with Crippen LogP contribution in [0.15, 0.2) is 60.7 Å². The molecule has 2 aliphatic rings. The summed E-state index contributed by atoms with van der Waals surface area (Å²) in [6.07, 6.45) is 5.14. The third kappa shape index (κ3) is 5.21. The summed E-state index contributed by atoms with van der Waals surface area (Å²) in [5.41, 5.74) is 8.71. The lowest BCUT2D eigenvalue weighted by Gasteiger charge is -2.32. The van der Waals surface area contributed by atoms with Crippen LogP contribution in [0.5, 0.6) is 0 Å². The van der Waals surface area contributed by atoms with Crippen molar-refractivity contribution in [1.29, 1.82) is 0 Å². The smallest absolute Gasteiger partial charge is 0.410 e. The molecule has 30 heavy (non-hydrogen) atoms. The predicted molar refractivity (Wildman–Crippen MR) is 117 cm³/mol. The van der Waals surface area contributed by atoms with Crippen molar-refractivity contribution in [3.63, 3.8) is 0 Å². The quantitative estimate of drug-likeness (QED) is 0.766. The summed E-state index contributed by atoms with van der Waals surface area (Å²) in [6.45, 7) is 1.40. The van der Waals surface area contributed by atoms with Gasteiger partial charge in [-0.2, -0.15) is 0 Å². The molecule has 0 bridgehead atoms. The number of rotatable bonds is 6. The number of ether oxygens (including phenoxy) is 2. The fourth-order valence-electron chi connectivity index (χ4n) is 4.64. The summed E-state index contributed by atoms with van der Waals surface area (Å²) < 4.78 is 11.8. The van der Waals surface area contributed by atoms with Crippen LogP contribution < -0.4 is 5.73 Å². The van der Waals surface area contributed by atoms with Gasteiger partial charge in [0.15, 0.2) is 0 Å². The van der Waals surface area contributed by atoms with Gasteiger partial charge in [-0.25, -0.2) is 4.79 Å². The Morgan fingerprint density at radius 2 is 1.60 bits per heavy atom. The minimum atomic E-state index is -0.298. The average molecular weight is 409 g/mol. The number of benzene rings is 2. The van der Waals surface area contributed by atoms with Gasteiger partial charge in [0.2, 0.25) is 0 Å². The van der Waals surface area contributed by atoms with Crippen molar-refractivity contribution in [2.75, 3.05) is 13.2 Å². The Labute approximate surface area is 179 Å². The summed E-state index contributed by atoms with van der Waals surface area (Å²) >= 11 is 0. The zero-order valence-corrected chi connectivity index (χ0v) is 17.5. The molecule has 2 fully saturated rings. The number of amides is 1. The van der Waals surface area contributed by atoms with Crippen molar-refractivity contribution in [3.05, 3.63) is 71.8 Å². The molecule has 2 aromatic rings. The Kier molecular flexibility index (Phi) is 7.03. The first kappa shape index (κ1) is 20.9. The Morgan fingerprint density at radius 3 is 2.30 bits per heavy atom. The first-order chi connectivity index (χ1) is 14.7. The third-order valence-electron chi connectivity index (χ3n) is 6.49. The summed E-state index contributed by atoms with van der Waals surface area (Å²) in [5, 5.41) is 0. The molecule has 1 saturated carbocycles. The molecule has 5 heteroatoms. The van der Waals surface area contributed by atoms with Gasteiger partial charge in [-0.15, -0.1) is 0 Å². The zero-order valence-electron chi connectivity index (χ0n) is 17.5. The highest BCUT2D eigenvalue weighted by atomic mass is 16.6. The van der Waals surface area contributed by atoms with E-state index in [1.807, 2.05) is 30.3 Å². The number of nitrogens with zero attached hydrogens (tertiary/aromatic N) is 1. The molecule has 1 aliphatic carbocycles. The van der Waals surface area contributed by atoms with E-state index in [1.165, 1.54) is 5.56 Å². The van der Waals surface area contributed by atoms with E-state index in [4.69, 9.17) is 15.2 Å². The van der Waals surface area contributed by atoms with E-state index in [1.54, 1.807) is 4.90 Å². The molecule has 2 N–H and O–H groups in total. The fourth-order valence-corrected chi connectivity index (χ4v) is 4.64. The second-order valence-electron chi connectivity index (χ2n) is 8.47. The number of nitrogens with two attached hydrogens (primary N) is 1. The van der Waals surface area contributed by atoms with E-state index >= 15 is 0 Å². The minimum absolute atomic E-state index is 0.0602. The third-order valence-corrected chi connectivity index (χ3v) is 6.49. The molecule has 5 nitrogen and oxygen atoms in total. The van der Waals surface area contributed by atoms with E-state index in [2.05, 4.69) is 30.3 Å². The summed E-state index contributed by atoms with van der Waals surface area (Å²) in [5.74, 6) is 0.629. The summed E-state index contributed by atoms with van der Waals surface area (Å²) in [4.78, 5) is 14.4. The van der Waals surface area contributed by atoms with Crippen molar-refractivity contribution in [1.82, 2.24) is 4.90 Å². The number of carbonyl (C=O) groups excluding carboxylic acids is 1. The van der Waals surface area contributed by atoms with Gasteiger partial charge in [0, 0.05) is 12.6 Å². The lowest BCUT2D eigenvalue weighted by atomic mass is 9.83. The molecule has 1 heterocycles. The summed E-state index contributed by atoms with van der Waals surface area (Å²) in [7, 11) is 0. The SMILES string of the molecule is N[C@@H]1CCN(C(=O)OCc2ccccc2)[C@@H]1CO[C@H]1CC[C@@H](c2ccccc2)CC1. The Morgan fingerprint density at radius 1 is 0.933 bits per heavy atom. The highest BCUT2D eigenvalue weighted by molar-refractivity contribution is 5.68. The Balaban J connectivity index is 1.24. The lowest BCUT2D eigenvalue weighted by Crippen LogP contribution is -2.46. The first-order valence-electron chi connectivity index (χ1n) is 11.1. The molecule has 1 amide bonds. The Bertz CT molecular complexity index is 791. The molecule has 1 aliphatic heterocycles. The molecule has 1 saturated heterocycles. The van der Waals surface area contributed by atoms with E-state index in [-0.39, 0.29) is 30.9 Å². The zero-order chi connectivity index (χ0) is 20.8. The largest absolute Gasteiger partial charge is 0.445 e. The van der Waals surface area contributed by atoms with E-state index in [0.717, 1.165) is 37.7 Å². The maximum Gasteiger partial charge on any atom is 0.410 e. The number of carbonyl (C=O) groups is 1. The van der Waals surface area contributed by atoms with Crippen molar-refractivity contribution in [3.8, 4) is 0 Å². The standard InChI is InChI=1S/C25H32N2O3/c26-23-15-16-27(25(28)30-17-19-7-3-1-4-8-19)24(23)18-29-22-13-11-21(12-14-22)20-9-5-2-6-10-20/h1-10,21-24H,11-18,26H2/t21-,22+,23-,24-/m1/s1. The maximum atomic E-state index is 12.6. The molecular formula is C25H32N2O3. The van der Waals surface area contributed by atoms with Gasteiger partial charge in [-0.1, -0.05) is 60.7 Å². The molecule has 2 atom stereocenters. The van der Waals surface area contributed by atoms with Crippen molar-refractivity contribution >= 4 is 6.09 Å². The molecular weight excluding hydrogens is 376 g/mol. The molecule has 2 aromatic carbocycles. The van der Waals surface area contributed by atoms with Gasteiger partial charge in [0.05, 0.1) is 18.8 Å². The molecule has 0 radical (unpaired) electrons. The molecule has 4 rings (SSSR count). The Hall–Kier alpha value is -2.37. The highest BCUT2D eigenvalue weighted by Crippen LogP contribution is 2.34.